The molecule has 2 unspecified atom stereocenters. The highest BCUT2D eigenvalue weighted by Gasteiger charge is 2.32. The van der Waals surface area contributed by atoms with Gasteiger partial charge in [0.25, 0.3) is 0 Å². The molecule has 1 aliphatic rings. The molecule has 1 fully saturated rings. The van der Waals surface area contributed by atoms with Gasteiger partial charge in [0.1, 0.15) is 0 Å². The number of nitrogens with zero attached hydrogens (tertiary/aromatic N) is 3. The molecule has 2 rings (SSSR count). The zero-order valence-corrected chi connectivity index (χ0v) is 14.4. The highest BCUT2D eigenvalue weighted by atomic mass is 15.3. The summed E-state index contributed by atoms with van der Waals surface area (Å²) in [5, 5.41) is 8.30. The molecule has 1 saturated heterocycles. The number of aryl methyl sites for hydroxylation is 2. The molecule has 1 aromatic rings. The average molecular weight is 292 g/mol. The zero-order chi connectivity index (χ0) is 15.4. The summed E-state index contributed by atoms with van der Waals surface area (Å²) in [6, 6.07) is 0.505. The van der Waals surface area contributed by atoms with E-state index in [1.54, 1.807) is 0 Å². The third kappa shape index (κ3) is 3.67. The quantitative estimate of drug-likeness (QED) is 0.847. The molecular weight excluding hydrogens is 260 g/mol. The summed E-state index contributed by atoms with van der Waals surface area (Å²) in [5.74, 6) is 0.686. The molecule has 21 heavy (non-hydrogen) atoms. The molecule has 4 nitrogen and oxygen atoms in total. The SMILES string of the molecule is CCCNCC1CCCCN(C)C1c1c(C)nn(C)c1C. The molecule has 0 saturated carbocycles. The molecule has 2 atom stereocenters. The van der Waals surface area contributed by atoms with Gasteiger partial charge in [0.2, 0.25) is 0 Å². The Morgan fingerprint density at radius 3 is 2.62 bits per heavy atom. The molecule has 0 aliphatic carbocycles. The predicted octanol–water partition coefficient (Wildman–Crippen LogP) is 2.81. The maximum Gasteiger partial charge on any atom is 0.0644 e. The second-order valence-corrected chi connectivity index (χ2v) is 6.59. The summed E-state index contributed by atoms with van der Waals surface area (Å²) >= 11 is 0. The number of rotatable bonds is 5. The second kappa shape index (κ2) is 7.41. The molecule has 1 N–H and O–H groups in total. The van der Waals surface area contributed by atoms with E-state index in [9.17, 15) is 0 Å². The first-order valence-electron chi connectivity index (χ1n) is 8.47. The van der Waals surface area contributed by atoms with E-state index >= 15 is 0 Å². The number of hydrogen-bond donors (Lipinski definition) is 1. The standard InChI is InChI=1S/C17H32N4/c1-6-10-18-12-15-9-7-8-11-20(4)17(15)16-13(2)19-21(5)14(16)3/h15,17-18H,6-12H2,1-5H3. The molecule has 1 aliphatic heterocycles. The Bertz CT molecular complexity index is 452. The largest absolute Gasteiger partial charge is 0.316 e. The van der Waals surface area contributed by atoms with Crippen molar-refractivity contribution in [3.63, 3.8) is 0 Å². The normalized spacial score (nSPS) is 24.2. The summed E-state index contributed by atoms with van der Waals surface area (Å²) in [5.41, 5.74) is 3.99. The van der Waals surface area contributed by atoms with Crippen LogP contribution in [0.3, 0.4) is 0 Å². The Morgan fingerprint density at radius 2 is 2.00 bits per heavy atom. The molecular formula is C17H32N4. The van der Waals surface area contributed by atoms with Crippen LogP contribution in [0.15, 0.2) is 0 Å². The Kier molecular flexibility index (Phi) is 5.82. The van der Waals surface area contributed by atoms with Crippen LogP contribution in [0.1, 0.15) is 55.6 Å². The third-order valence-electron chi connectivity index (χ3n) is 4.95. The lowest BCUT2D eigenvalue weighted by molar-refractivity contribution is 0.188. The van der Waals surface area contributed by atoms with Gasteiger partial charge in [0, 0.05) is 24.3 Å². The number of likely N-dealkylation sites (tertiary alicyclic amines) is 1. The zero-order valence-electron chi connectivity index (χ0n) is 14.4. The fourth-order valence-corrected chi connectivity index (χ4v) is 3.78. The molecule has 0 radical (unpaired) electrons. The van der Waals surface area contributed by atoms with Crippen LogP contribution in [0.2, 0.25) is 0 Å². The predicted molar refractivity (Wildman–Crippen MR) is 88.6 cm³/mol. The van der Waals surface area contributed by atoms with Crippen LogP contribution in [-0.2, 0) is 7.05 Å². The van der Waals surface area contributed by atoms with E-state index in [1.165, 1.54) is 49.2 Å². The van der Waals surface area contributed by atoms with E-state index in [-0.39, 0.29) is 0 Å². The van der Waals surface area contributed by atoms with Gasteiger partial charge in [0.05, 0.1) is 5.69 Å². The fraction of sp³-hybridized carbons (Fsp3) is 0.824. The third-order valence-corrected chi connectivity index (χ3v) is 4.95. The van der Waals surface area contributed by atoms with Crippen molar-refractivity contribution in [2.75, 3.05) is 26.7 Å². The topological polar surface area (TPSA) is 33.1 Å². The highest BCUT2D eigenvalue weighted by Crippen LogP contribution is 2.36. The van der Waals surface area contributed by atoms with Crippen LogP contribution in [0, 0.1) is 19.8 Å². The summed E-state index contributed by atoms with van der Waals surface area (Å²) in [6.07, 6.45) is 5.19. The van der Waals surface area contributed by atoms with Crippen LogP contribution in [0.25, 0.3) is 0 Å². The van der Waals surface area contributed by atoms with Gasteiger partial charge < -0.3 is 5.32 Å². The minimum absolute atomic E-state index is 0.505. The minimum Gasteiger partial charge on any atom is -0.316 e. The summed E-state index contributed by atoms with van der Waals surface area (Å²) in [7, 11) is 4.35. The highest BCUT2D eigenvalue weighted by molar-refractivity contribution is 5.29. The molecule has 0 aromatic carbocycles. The molecule has 4 heteroatoms. The van der Waals surface area contributed by atoms with Crippen molar-refractivity contribution in [1.29, 1.82) is 0 Å². The van der Waals surface area contributed by atoms with Crippen molar-refractivity contribution in [2.45, 2.75) is 52.5 Å². The van der Waals surface area contributed by atoms with E-state index in [0.29, 0.717) is 12.0 Å². The van der Waals surface area contributed by atoms with E-state index < -0.39 is 0 Å². The molecule has 0 spiro atoms. The number of aromatic nitrogens is 2. The number of nitrogens with one attached hydrogen (secondary N) is 1. The lowest BCUT2D eigenvalue weighted by atomic mass is 9.88. The van der Waals surface area contributed by atoms with Crippen molar-refractivity contribution in [3.8, 4) is 0 Å². The Morgan fingerprint density at radius 1 is 1.24 bits per heavy atom. The molecule has 1 aromatic heterocycles. The van der Waals surface area contributed by atoms with Crippen LogP contribution >= 0.6 is 0 Å². The average Bonchev–Trinajstić information content (AvgIpc) is 2.61. The van der Waals surface area contributed by atoms with E-state index in [0.717, 1.165) is 13.1 Å². The lowest BCUT2D eigenvalue weighted by Gasteiger charge is -2.33. The molecule has 120 valence electrons. The molecule has 0 bridgehead atoms. The molecule has 0 amide bonds. The van der Waals surface area contributed by atoms with E-state index in [4.69, 9.17) is 0 Å². The van der Waals surface area contributed by atoms with Gasteiger partial charge in [-0.2, -0.15) is 5.10 Å². The first kappa shape index (κ1) is 16.5. The van der Waals surface area contributed by atoms with Gasteiger partial charge >= 0.3 is 0 Å². The smallest absolute Gasteiger partial charge is 0.0644 e. The van der Waals surface area contributed by atoms with Crippen molar-refractivity contribution >= 4 is 0 Å². The van der Waals surface area contributed by atoms with Crippen LogP contribution < -0.4 is 5.32 Å². The Hall–Kier alpha value is -0.870. The number of hydrogen-bond acceptors (Lipinski definition) is 3. The van der Waals surface area contributed by atoms with Gasteiger partial charge in [-0.05, 0) is 65.7 Å². The van der Waals surface area contributed by atoms with Crippen molar-refractivity contribution < 1.29 is 0 Å². The van der Waals surface area contributed by atoms with Crippen molar-refractivity contribution in [3.05, 3.63) is 17.0 Å². The van der Waals surface area contributed by atoms with Gasteiger partial charge in [-0.15, -0.1) is 0 Å². The van der Waals surface area contributed by atoms with E-state index in [2.05, 4.69) is 50.2 Å². The van der Waals surface area contributed by atoms with Crippen molar-refractivity contribution in [1.82, 2.24) is 20.0 Å². The van der Waals surface area contributed by atoms with Crippen molar-refractivity contribution in [2.24, 2.45) is 13.0 Å². The second-order valence-electron chi connectivity index (χ2n) is 6.59. The maximum absolute atomic E-state index is 4.65. The van der Waals surface area contributed by atoms with Crippen LogP contribution in [-0.4, -0.2) is 41.4 Å². The van der Waals surface area contributed by atoms with Crippen LogP contribution in [0.5, 0.6) is 0 Å². The Labute approximate surface area is 129 Å². The first-order chi connectivity index (χ1) is 10.1. The van der Waals surface area contributed by atoms with Gasteiger partial charge in [-0.25, -0.2) is 0 Å². The maximum atomic E-state index is 4.65. The summed E-state index contributed by atoms with van der Waals surface area (Å²) in [4.78, 5) is 2.56. The molecule has 2 heterocycles. The van der Waals surface area contributed by atoms with Gasteiger partial charge in [0.15, 0.2) is 0 Å². The summed E-state index contributed by atoms with van der Waals surface area (Å²) < 4.78 is 2.04. The van der Waals surface area contributed by atoms with Gasteiger partial charge in [-0.3, -0.25) is 9.58 Å². The Balaban J connectivity index is 2.27. The van der Waals surface area contributed by atoms with Gasteiger partial charge in [-0.1, -0.05) is 13.3 Å². The lowest BCUT2D eigenvalue weighted by Crippen LogP contribution is -2.35. The van der Waals surface area contributed by atoms with E-state index in [1.807, 2.05) is 4.68 Å². The minimum atomic E-state index is 0.505. The first-order valence-corrected chi connectivity index (χ1v) is 8.47. The van der Waals surface area contributed by atoms with Crippen LogP contribution in [0.4, 0.5) is 0 Å². The summed E-state index contributed by atoms with van der Waals surface area (Å²) in [6.45, 7) is 10.1. The fourth-order valence-electron chi connectivity index (χ4n) is 3.78. The monoisotopic (exact) mass is 292 g/mol.